The van der Waals surface area contributed by atoms with Gasteiger partial charge in [0.1, 0.15) is 6.54 Å². The lowest BCUT2D eigenvalue weighted by Gasteiger charge is -2.18. The molecule has 0 aliphatic heterocycles. The Kier molecular flexibility index (Phi) is 10.8. The fourth-order valence-electron chi connectivity index (χ4n) is 3.31. The van der Waals surface area contributed by atoms with E-state index >= 15 is 0 Å². The monoisotopic (exact) mass is 508 g/mol. The molecule has 0 saturated carbocycles. The van der Waals surface area contributed by atoms with Crippen molar-refractivity contribution in [3.8, 4) is 11.8 Å². The van der Waals surface area contributed by atoms with Crippen molar-refractivity contribution in [2.45, 2.75) is 19.8 Å². The number of primary amides is 1. The molecule has 0 radical (unpaired) electrons. The summed E-state index contributed by atoms with van der Waals surface area (Å²) in [5.41, 5.74) is 7.98. The highest BCUT2D eigenvalue weighted by Gasteiger charge is 2.18. The van der Waals surface area contributed by atoms with Gasteiger partial charge in [-0.1, -0.05) is 25.0 Å². The zero-order valence-electron chi connectivity index (χ0n) is 22.4. The largest absolute Gasteiger partial charge is 0.364 e. The van der Waals surface area contributed by atoms with Gasteiger partial charge < -0.3 is 26.2 Å². The molecule has 0 aliphatic rings. The molecule has 0 bridgehead atoms. The number of hydrogen-bond donors (Lipinski definition) is 3. The Morgan fingerprint density at radius 1 is 1.08 bits per heavy atom. The van der Waals surface area contributed by atoms with E-state index in [-0.39, 0.29) is 24.0 Å². The molecular formula is C26H36N8O3. The predicted octanol–water partition coefficient (Wildman–Crippen LogP) is 0.630. The van der Waals surface area contributed by atoms with Gasteiger partial charge in [-0.15, -0.1) is 0 Å². The molecular weight excluding hydrogens is 472 g/mol. The van der Waals surface area contributed by atoms with E-state index in [1.807, 2.05) is 69.2 Å². The highest BCUT2D eigenvalue weighted by Crippen LogP contribution is 2.24. The number of hydrogen-bond acceptors (Lipinski definition) is 8. The van der Waals surface area contributed by atoms with Crippen molar-refractivity contribution in [2.24, 2.45) is 5.73 Å². The molecule has 2 rings (SSSR count). The van der Waals surface area contributed by atoms with Gasteiger partial charge in [-0.2, -0.15) is 0 Å². The van der Waals surface area contributed by atoms with E-state index < -0.39 is 11.8 Å². The molecule has 1 aromatic carbocycles. The minimum absolute atomic E-state index is 0.0742. The maximum atomic E-state index is 12.2. The van der Waals surface area contributed by atoms with Crippen LogP contribution in [-0.4, -0.2) is 92.4 Å². The van der Waals surface area contributed by atoms with Crippen LogP contribution in [0.4, 0.5) is 17.3 Å². The van der Waals surface area contributed by atoms with E-state index in [2.05, 4.69) is 32.4 Å². The van der Waals surface area contributed by atoms with Gasteiger partial charge in [0.15, 0.2) is 17.3 Å². The number of nitrogens with zero attached hydrogens (tertiary/aromatic N) is 5. The van der Waals surface area contributed by atoms with E-state index in [9.17, 15) is 14.4 Å². The van der Waals surface area contributed by atoms with Crippen LogP contribution in [0.2, 0.25) is 0 Å². The molecule has 0 aliphatic carbocycles. The molecule has 0 fully saturated rings. The van der Waals surface area contributed by atoms with Gasteiger partial charge in [0.25, 0.3) is 11.8 Å². The van der Waals surface area contributed by atoms with Crippen LogP contribution < -0.4 is 21.3 Å². The van der Waals surface area contributed by atoms with Gasteiger partial charge in [0.2, 0.25) is 5.91 Å². The van der Waals surface area contributed by atoms with E-state index in [0.717, 1.165) is 5.56 Å². The second-order valence-corrected chi connectivity index (χ2v) is 8.93. The molecule has 1 aromatic heterocycles. The first-order chi connectivity index (χ1) is 17.5. The van der Waals surface area contributed by atoms with Crippen molar-refractivity contribution in [1.82, 2.24) is 25.1 Å². The fraction of sp³-hybridized carbons (Fsp3) is 0.423. The average Bonchev–Trinajstić information content (AvgIpc) is 2.83. The van der Waals surface area contributed by atoms with Crippen molar-refractivity contribution in [3.63, 3.8) is 0 Å². The summed E-state index contributed by atoms with van der Waals surface area (Å²) < 4.78 is 0. The molecule has 198 valence electrons. The minimum atomic E-state index is -0.666. The third kappa shape index (κ3) is 9.09. The number of carbonyl (C=O) groups is 3. The standard InChI is InChI=1S/C26H36N8O3/c1-7-20-26(33(4)5)31-25(23(30-20)24(27)37)29-19-11-8-10-18(16-19)13-14-28-21(35)17-34(6)22(36)12-9-15-32(2)3/h8,10-11,16H,7,13-15,17H2,1-6H3,(H2,27,37)(H,28,35)(H,29,31). The van der Waals surface area contributed by atoms with Gasteiger partial charge in [0, 0.05) is 33.4 Å². The first-order valence-electron chi connectivity index (χ1n) is 11.9. The lowest BCUT2D eigenvalue weighted by atomic mass is 10.1. The Balaban J connectivity index is 2.00. The van der Waals surface area contributed by atoms with Crippen LogP contribution in [0.15, 0.2) is 24.3 Å². The van der Waals surface area contributed by atoms with Crippen molar-refractivity contribution >= 4 is 35.0 Å². The predicted molar refractivity (Wildman–Crippen MR) is 145 cm³/mol. The molecule has 0 saturated heterocycles. The van der Waals surface area contributed by atoms with Crippen molar-refractivity contribution in [1.29, 1.82) is 0 Å². The normalized spacial score (nSPS) is 10.4. The van der Waals surface area contributed by atoms with Gasteiger partial charge in [-0.3, -0.25) is 19.3 Å². The number of carbonyl (C=O) groups excluding carboxylic acids is 3. The molecule has 1 heterocycles. The minimum Gasteiger partial charge on any atom is -0.364 e. The SMILES string of the molecule is CCc1nc(C(N)=O)c(Nc2cccc(CCNC(=O)CN(C)C(=O)C#CCN(C)C)c2)nc1N(C)C. The van der Waals surface area contributed by atoms with Gasteiger partial charge in [-0.25, -0.2) is 9.97 Å². The summed E-state index contributed by atoms with van der Waals surface area (Å²) in [7, 11) is 8.98. The summed E-state index contributed by atoms with van der Waals surface area (Å²) in [4.78, 5) is 50.3. The second kappa shape index (κ2) is 13.8. The molecule has 3 amide bonds. The lowest BCUT2D eigenvalue weighted by molar-refractivity contribution is -0.130. The first kappa shape index (κ1) is 29.1. The highest BCUT2D eigenvalue weighted by atomic mass is 16.2. The number of likely N-dealkylation sites (N-methyl/N-ethyl adjacent to an activating group) is 1. The number of anilines is 3. The topological polar surface area (TPSA) is 137 Å². The summed E-state index contributed by atoms with van der Waals surface area (Å²) in [6, 6.07) is 7.54. The third-order valence-electron chi connectivity index (χ3n) is 5.18. The number of amides is 3. The molecule has 11 nitrogen and oxygen atoms in total. The van der Waals surface area contributed by atoms with Gasteiger partial charge in [0.05, 0.1) is 12.2 Å². The quantitative estimate of drug-likeness (QED) is 0.376. The first-order valence-corrected chi connectivity index (χ1v) is 11.9. The van der Waals surface area contributed by atoms with E-state index in [0.29, 0.717) is 43.1 Å². The van der Waals surface area contributed by atoms with Crippen LogP contribution >= 0.6 is 0 Å². The number of rotatable bonds is 11. The van der Waals surface area contributed by atoms with Gasteiger partial charge in [-0.05, 0) is 50.6 Å². The van der Waals surface area contributed by atoms with Gasteiger partial charge >= 0.3 is 0 Å². The van der Waals surface area contributed by atoms with Crippen molar-refractivity contribution < 1.29 is 14.4 Å². The number of benzene rings is 1. The molecule has 37 heavy (non-hydrogen) atoms. The highest BCUT2D eigenvalue weighted by molar-refractivity contribution is 5.97. The maximum absolute atomic E-state index is 12.2. The Hall–Kier alpha value is -4.17. The molecule has 11 heteroatoms. The van der Waals surface area contributed by atoms with Crippen molar-refractivity contribution in [2.75, 3.05) is 65.1 Å². The zero-order valence-corrected chi connectivity index (χ0v) is 22.4. The lowest BCUT2D eigenvalue weighted by Crippen LogP contribution is -2.38. The van der Waals surface area contributed by atoms with Crippen LogP contribution in [0.25, 0.3) is 0 Å². The summed E-state index contributed by atoms with van der Waals surface area (Å²) in [6.45, 7) is 2.72. The molecule has 2 aromatic rings. The third-order valence-corrected chi connectivity index (χ3v) is 5.18. The molecule has 0 unspecified atom stereocenters. The van der Waals surface area contributed by atoms with E-state index in [1.54, 1.807) is 7.05 Å². The fourth-order valence-corrected chi connectivity index (χ4v) is 3.31. The van der Waals surface area contributed by atoms with E-state index in [4.69, 9.17) is 5.73 Å². The van der Waals surface area contributed by atoms with Crippen molar-refractivity contribution in [3.05, 3.63) is 41.2 Å². The van der Waals surface area contributed by atoms with Crippen LogP contribution in [-0.2, 0) is 22.4 Å². The van der Waals surface area contributed by atoms with Crippen LogP contribution in [0.1, 0.15) is 28.7 Å². The second-order valence-electron chi connectivity index (χ2n) is 8.93. The number of nitrogens with two attached hydrogens (primary N) is 1. The molecule has 0 atom stereocenters. The maximum Gasteiger partial charge on any atom is 0.298 e. The average molecular weight is 509 g/mol. The van der Waals surface area contributed by atoms with Crippen LogP contribution in [0.3, 0.4) is 0 Å². The Labute approximate surface area is 218 Å². The summed E-state index contributed by atoms with van der Waals surface area (Å²) >= 11 is 0. The zero-order chi connectivity index (χ0) is 27.5. The number of aryl methyl sites for hydroxylation is 1. The number of nitrogens with one attached hydrogen (secondary N) is 2. The molecule has 4 N–H and O–H groups in total. The number of aromatic nitrogens is 2. The Morgan fingerprint density at radius 2 is 1.81 bits per heavy atom. The smallest absolute Gasteiger partial charge is 0.298 e. The van der Waals surface area contributed by atoms with Crippen LogP contribution in [0, 0.1) is 11.8 Å². The van der Waals surface area contributed by atoms with E-state index in [1.165, 1.54) is 4.90 Å². The summed E-state index contributed by atoms with van der Waals surface area (Å²) in [5.74, 6) is 4.87. The van der Waals surface area contributed by atoms with Crippen LogP contribution in [0.5, 0.6) is 0 Å². The summed E-state index contributed by atoms with van der Waals surface area (Å²) in [6.07, 6.45) is 1.17. The Morgan fingerprint density at radius 3 is 2.43 bits per heavy atom. The summed E-state index contributed by atoms with van der Waals surface area (Å²) in [5, 5.41) is 5.97. The molecule has 0 spiro atoms. The Bertz CT molecular complexity index is 1180.